The van der Waals surface area contributed by atoms with E-state index in [1.54, 1.807) is 12.1 Å². The number of phenols is 1. The van der Waals surface area contributed by atoms with E-state index in [1.807, 2.05) is 25.1 Å². The SMILES string of the molecule is Cc1ccc2c(N3CCCC([C@@H](NC(=O)O)C4CCOC4)C3)nc(-c3ccccc3O)nc2c1. The maximum Gasteiger partial charge on any atom is 0.404 e. The minimum Gasteiger partial charge on any atom is -0.507 e. The van der Waals surface area contributed by atoms with Crippen LogP contribution in [0, 0.1) is 18.8 Å². The van der Waals surface area contributed by atoms with Crippen LogP contribution in [0.15, 0.2) is 42.5 Å². The van der Waals surface area contributed by atoms with Gasteiger partial charge in [0.1, 0.15) is 11.6 Å². The molecule has 2 aromatic carbocycles. The van der Waals surface area contributed by atoms with Crippen molar-refractivity contribution in [1.29, 1.82) is 0 Å². The number of carbonyl (C=O) groups is 1. The minimum atomic E-state index is -0.987. The summed E-state index contributed by atoms with van der Waals surface area (Å²) in [4.78, 5) is 23.5. The van der Waals surface area contributed by atoms with Crippen LogP contribution in [0.4, 0.5) is 10.6 Å². The second-order valence-electron chi connectivity index (χ2n) is 9.36. The van der Waals surface area contributed by atoms with Crippen LogP contribution in [0.1, 0.15) is 24.8 Å². The standard InChI is InChI=1S/C26H30N4O4/c1-16-8-9-19-21(13-16)27-24(20-6-2-3-7-22(20)31)29-25(19)30-11-4-5-17(14-30)23(28-26(32)33)18-10-12-34-15-18/h2-3,6-9,13,17-18,23,28,31H,4-5,10-12,14-15H2,1H3,(H,32,33)/t17?,18?,23-/m1/s1. The number of amides is 1. The topological polar surface area (TPSA) is 108 Å². The van der Waals surface area contributed by atoms with Crippen LogP contribution in [0.3, 0.4) is 0 Å². The van der Waals surface area contributed by atoms with Gasteiger partial charge in [-0.1, -0.05) is 18.2 Å². The van der Waals surface area contributed by atoms with Crippen LogP contribution in [0.5, 0.6) is 5.75 Å². The van der Waals surface area contributed by atoms with Crippen LogP contribution < -0.4 is 10.2 Å². The third-order valence-corrected chi connectivity index (χ3v) is 7.01. The van der Waals surface area contributed by atoms with Gasteiger partial charge in [0.25, 0.3) is 0 Å². The van der Waals surface area contributed by atoms with Gasteiger partial charge in [-0.25, -0.2) is 14.8 Å². The number of hydrogen-bond donors (Lipinski definition) is 3. The molecule has 2 aliphatic rings. The Hall–Kier alpha value is -3.39. The van der Waals surface area contributed by atoms with Crippen molar-refractivity contribution in [2.24, 2.45) is 11.8 Å². The Bertz CT molecular complexity index is 1190. The molecule has 2 saturated heterocycles. The number of fused-ring (bicyclic) bond motifs is 1. The number of phenolic OH excluding ortho intramolecular Hbond substituents is 1. The first kappa shape index (κ1) is 22.4. The molecule has 0 spiro atoms. The van der Waals surface area contributed by atoms with E-state index in [1.165, 1.54) is 0 Å². The molecular formula is C26H30N4O4. The largest absolute Gasteiger partial charge is 0.507 e. The van der Waals surface area contributed by atoms with Gasteiger partial charge in [0, 0.05) is 37.0 Å². The molecule has 34 heavy (non-hydrogen) atoms. The van der Waals surface area contributed by atoms with Crippen LogP contribution in [0.2, 0.25) is 0 Å². The number of carboxylic acid groups (broad SMARTS) is 1. The normalized spacial score (nSPS) is 21.5. The Morgan fingerprint density at radius 1 is 1.18 bits per heavy atom. The third-order valence-electron chi connectivity index (χ3n) is 7.01. The van der Waals surface area contributed by atoms with Crippen molar-refractivity contribution < 1.29 is 19.7 Å². The lowest BCUT2D eigenvalue weighted by atomic mass is 9.82. The summed E-state index contributed by atoms with van der Waals surface area (Å²) < 4.78 is 5.58. The Morgan fingerprint density at radius 2 is 2.03 bits per heavy atom. The molecule has 3 N–H and O–H groups in total. The number of nitrogens with one attached hydrogen (secondary N) is 1. The van der Waals surface area contributed by atoms with Gasteiger partial charge in [0.15, 0.2) is 5.82 Å². The highest BCUT2D eigenvalue weighted by Gasteiger charge is 2.36. The summed E-state index contributed by atoms with van der Waals surface area (Å²) in [6.07, 6.45) is 1.78. The summed E-state index contributed by atoms with van der Waals surface area (Å²) in [7, 11) is 0. The summed E-state index contributed by atoms with van der Waals surface area (Å²) in [5, 5.41) is 23.7. The fraction of sp³-hybridized carbons (Fsp3) is 0.423. The molecule has 1 amide bonds. The summed E-state index contributed by atoms with van der Waals surface area (Å²) in [6, 6.07) is 13.1. The van der Waals surface area contributed by atoms with E-state index in [-0.39, 0.29) is 23.6 Å². The van der Waals surface area contributed by atoms with E-state index in [2.05, 4.69) is 22.3 Å². The molecular weight excluding hydrogens is 432 g/mol. The summed E-state index contributed by atoms with van der Waals surface area (Å²) >= 11 is 0. The van der Waals surface area contributed by atoms with Gasteiger partial charge in [-0.05, 0) is 61.9 Å². The first-order valence-electron chi connectivity index (χ1n) is 11.9. The lowest BCUT2D eigenvalue weighted by Crippen LogP contribution is -2.51. The van der Waals surface area contributed by atoms with E-state index < -0.39 is 6.09 Å². The van der Waals surface area contributed by atoms with Gasteiger partial charge in [-0.2, -0.15) is 0 Å². The van der Waals surface area contributed by atoms with Crippen LogP contribution >= 0.6 is 0 Å². The fourth-order valence-electron chi connectivity index (χ4n) is 5.34. The number of ether oxygens (including phenoxy) is 1. The highest BCUT2D eigenvalue weighted by molar-refractivity contribution is 5.92. The molecule has 0 bridgehead atoms. The van der Waals surface area contributed by atoms with Crippen LogP contribution in [0.25, 0.3) is 22.3 Å². The predicted molar refractivity (Wildman–Crippen MR) is 130 cm³/mol. The van der Waals surface area contributed by atoms with E-state index in [4.69, 9.17) is 14.7 Å². The number of nitrogens with zero attached hydrogens (tertiary/aromatic N) is 3. The predicted octanol–water partition coefficient (Wildman–Crippen LogP) is 4.20. The zero-order valence-corrected chi connectivity index (χ0v) is 19.3. The zero-order chi connectivity index (χ0) is 23.7. The molecule has 2 aliphatic heterocycles. The fourth-order valence-corrected chi connectivity index (χ4v) is 5.34. The van der Waals surface area contributed by atoms with E-state index in [0.29, 0.717) is 31.1 Å². The van der Waals surface area contributed by atoms with Crippen molar-refractivity contribution in [2.45, 2.75) is 32.2 Å². The average Bonchev–Trinajstić information content (AvgIpc) is 3.36. The first-order valence-corrected chi connectivity index (χ1v) is 11.9. The molecule has 8 nitrogen and oxygen atoms in total. The summed E-state index contributed by atoms with van der Waals surface area (Å²) in [5.41, 5.74) is 2.52. The number of aromatic nitrogens is 2. The van der Waals surface area contributed by atoms with E-state index in [0.717, 1.165) is 48.1 Å². The summed E-state index contributed by atoms with van der Waals surface area (Å²) in [6.45, 7) is 4.83. The molecule has 3 heterocycles. The van der Waals surface area contributed by atoms with Crippen molar-refractivity contribution in [3.8, 4) is 17.1 Å². The van der Waals surface area contributed by atoms with E-state index in [9.17, 15) is 15.0 Å². The van der Waals surface area contributed by atoms with Crippen molar-refractivity contribution in [2.75, 3.05) is 31.2 Å². The monoisotopic (exact) mass is 462 g/mol. The highest BCUT2D eigenvalue weighted by Crippen LogP contribution is 2.35. The smallest absolute Gasteiger partial charge is 0.404 e. The highest BCUT2D eigenvalue weighted by atomic mass is 16.5. The molecule has 0 radical (unpaired) electrons. The van der Waals surface area contributed by atoms with Gasteiger partial charge in [0.05, 0.1) is 17.7 Å². The number of piperidine rings is 1. The number of hydrogen-bond acceptors (Lipinski definition) is 6. The van der Waals surface area contributed by atoms with E-state index >= 15 is 0 Å². The second kappa shape index (κ2) is 9.46. The average molecular weight is 463 g/mol. The third kappa shape index (κ3) is 4.50. The first-order chi connectivity index (χ1) is 16.5. The van der Waals surface area contributed by atoms with Crippen molar-refractivity contribution in [1.82, 2.24) is 15.3 Å². The summed E-state index contributed by atoms with van der Waals surface area (Å²) in [5.74, 6) is 1.79. The quantitative estimate of drug-likeness (QED) is 0.521. The van der Waals surface area contributed by atoms with Crippen molar-refractivity contribution >= 4 is 22.8 Å². The molecule has 3 aromatic rings. The molecule has 2 fully saturated rings. The number of aryl methyl sites for hydroxylation is 1. The van der Waals surface area contributed by atoms with Crippen LogP contribution in [-0.4, -0.2) is 58.6 Å². The van der Waals surface area contributed by atoms with Crippen molar-refractivity contribution in [3.05, 3.63) is 48.0 Å². The number of benzene rings is 2. The molecule has 5 rings (SSSR count). The Morgan fingerprint density at radius 3 is 2.79 bits per heavy atom. The van der Waals surface area contributed by atoms with Gasteiger partial charge >= 0.3 is 6.09 Å². The van der Waals surface area contributed by atoms with Gasteiger partial charge in [-0.15, -0.1) is 0 Å². The molecule has 178 valence electrons. The van der Waals surface area contributed by atoms with Gasteiger partial charge in [-0.3, -0.25) is 0 Å². The number of para-hydroxylation sites is 1. The molecule has 8 heteroatoms. The molecule has 0 saturated carbocycles. The zero-order valence-electron chi connectivity index (χ0n) is 19.3. The number of rotatable bonds is 5. The Balaban J connectivity index is 1.53. The molecule has 2 unspecified atom stereocenters. The maximum atomic E-state index is 11.6. The molecule has 3 atom stereocenters. The lowest BCUT2D eigenvalue weighted by molar-refractivity contribution is 0.147. The van der Waals surface area contributed by atoms with Crippen molar-refractivity contribution in [3.63, 3.8) is 0 Å². The molecule has 0 aliphatic carbocycles. The molecule has 1 aromatic heterocycles. The number of aromatic hydroxyl groups is 1. The maximum absolute atomic E-state index is 11.6. The second-order valence-corrected chi connectivity index (χ2v) is 9.36. The Kier molecular flexibility index (Phi) is 6.24. The minimum absolute atomic E-state index is 0.143. The van der Waals surface area contributed by atoms with Gasteiger partial charge < -0.3 is 25.2 Å². The number of anilines is 1. The van der Waals surface area contributed by atoms with Crippen LogP contribution in [-0.2, 0) is 4.74 Å². The lowest BCUT2D eigenvalue weighted by Gasteiger charge is -2.39. The Labute approximate surface area is 198 Å². The van der Waals surface area contributed by atoms with Gasteiger partial charge in [0.2, 0.25) is 0 Å².